The average Bonchev–Trinajstić information content (AvgIpc) is 3.77. The maximum absolute atomic E-state index is 13.4. The summed E-state index contributed by atoms with van der Waals surface area (Å²) in [6.45, 7) is 3.43. The van der Waals surface area contributed by atoms with E-state index < -0.39 is 17.9 Å². The van der Waals surface area contributed by atoms with Crippen molar-refractivity contribution in [2.75, 3.05) is 25.0 Å². The van der Waals surface area contributed by atoms with Crippen molar-refractivity contribution < 1.29 is 32.3 Å². The SMILES string of the molecule is CCc1cc(Nc2nccn3c(-c4c[nH]nc4C(F)(F)F)cnc23)ccc1C(=O)NCCCNC(=O)[C@@H]1C[C@@H](OC=O)CN1. The minimum Gasteiger partial charge on any atom is -0.463 e. The summed E-state index contributed by atoms with van der Waals surface area (Å²) >= 11 is 0. The normalized spacial score (nSPS) is 16.5. The Labute approximate surface area is 249 Å². The molecule has 4 aromatic rings. The molecular formula is C28H30F3N9O4. The number of nitrogens with one attached hydrogen (secondary N) is 5. The van der Waals surface area contributed by atoms with Gasteiger partial charge in [-0.1, -0.05) is 6.92 Å². The van der Waals surface area contributed by atoms with E-state index in [4.69, 9.17) is 4.74 Å². The summed E-state index contributed by atoms with van der Waals surface area (Å²) in [6, 6.07) is 4.76. The molecule has 3 aromatic heterocycles. The number of hydrogen-bond acceptors (Lipinski definition) is 9. The van der Waals surface area contributed by atoms with Gasteiger partial charge in [-0.05, 0) is 36.6 Å². The van der Waals surface area contributed by atoms with Gasteiger partial charge >= 0.3 is 6.18 Å². The molecule has 16 heteroatoms. The van der Waals surface area contributed by atoms with Gasteiger partial charge in [-0.25, -0.2) is 9.97 Å². The number of hydrogen-bond donors (Lipinski definition) is 5. The molecule has 0 aliphatic carbocycles. The number of carbonyl (C=O) groups excluding carboxylic acids is 3. The van der Waals surface area contributed by atoms with Crippen molar-refractivity contribution >= 4 is 35.4 Å². The summed E-state index contributed by atoms with van der Waals surface area (Å²) in [7, 11) is 0. The molecule has 1 aliphatic heterocycles. The number of aromatic amines is 1. The number of imidazole rings is 1. The van der Waals surface area contributed by atoms with Gasteiger partial charge in [0.2, 0.25) is 5.91 Å². The highest BCUT2D eigenvalue weighted by Crippen LogP contribution is 2.36. The van der Waals surface area contributed by atoms with Gasteiger partial charge < -0.3 is 26.0 Å². The number of nitrogens with zero attached hydrogens (tertiary/aromatic N) is 4. The van der Waals surface area contributed by atoms with Crippen LogP contribution in [0.5, 0.6) is 0 Å². The molecule has 1 fully saturated rings. The van der Waals surface area contributed by atoms with Gasteiger partial charge in [0.1, 0.15) is 6.10 Å². The van der Waals surface area contributed by atoms with Gasteiger partial charge in [-0.15, -0.1) is 0 Å². The van der Waals surface area contributed by atoms with E-state index in [2.05, 4.69) is 41.4 Å². The Bertz CT molecular complexity index is 1650. The van der Waals surface area contributed by atoms with E-state index in [-0.39, 0.29) is 29.2 Å². The molecule has 0 radical (unpaired) electrons. The molecule has 0 saturated carbocycles. The summed E-state index contributed by atoms with van der Waals surface area (Å²) in [5.74, 6) is -0.129. The number of anilines is 2. The first-order chi connectivity index (χ1) is 21.2. The molecule has 1 aromatic carbocycles. The molecule has 2 atom stereocenters. The third-order valence-electron chi connectivity index (χ3n) is 7.20. The molecule has 2 amide bonds. The van der Waals surface area contributed by atoms with Crippen molar-refractivity contribution in [2.24, 2.45) is 0 Å². The molecular weight excluding hydrogens is 583 g/mol. The van der Waals surface area contributed by atoms with Crippen molar-refractivity contribution in [3.63, 3.8) is 0 Å². The van der Waals surface area contributed by atoms with Gasteiger partial charge in [0.05, 0.1) is 23.5 Å². The number of rotatable bonds is 12. The monoisotopic (exact) mass is 613 g/mol. The molecule has 0 spiro atoms. The Morgan fingerprint density at radius 1 is 1.20 bits per heavy atom. The molecule has 1 saturated heterocycles. The highest BCUT2D eigenvalue weighted by Gasteiger charge is 2.37. The fourth-order valence-corrected chi connectivity index (χ4v) is 5.04. The highest BCUT2D eigenvalue weighted by atomic mass is 19.4. The van der Waals surface area contributed by atoms with Crippen LogP contribution in [0.15, 0.2) is 43.0 Å². The van der Waals surface area contributed by atoms with E-state index in [9.17, 15) is 27.6 Å². The molecule has 5 rings (SSSR count). The lowest BCUT2D eigenvalue weighted by Gasteiger charge is -2.13. The van der Waals surface area contributed by atoms with Gasteiger partial charge in [0.25, 0.3) is 12.4 Å². The largest absolute Gasteiger partial charge is 0.463 e. The first-order valence-corrected chi connectivity index (χ1v) is 13.9. The molecule has 0 unspecified atom stereocenters. The number of aryl methyl sites for hydroxylation is 1. The van der Waals surface area contributed by atoms with Crippen molar-refractivity contribution in [2.45, 2.75) is 44.5 Å². The highest BCUT2D eigenvalue weighted by molar-refractivity contribution is 5.96. The van der Waals surface area contributed by atoms with Crippen LogP contribution in [0.4, 0.5) is 24.7 Å². The van der Waals surface area contributed by atoms with Crippen LogP contribution in [0, 0.1) is 0 Å². The lowest BCUT2D eigenvalue weighted by molar-refractivity contribution is -0.140. The zero-order valence-electron chi connectivity index (χ0n) is 23.6. The predicted molar refractivity (Wildman–Crippen MR) is 152 cm³/mol. The van der Waals surface area contributed by atoms with E-state index in [0.29, 0.717) is 68.1 Å². The Kier molecular flexibility index (Phi) is 9.08. The maximum Gasteiger partial charge on any atom is 0.435 e. The number of aromatic nitrogens is 5. The Morgan fingerprint density at radius 3 is 2.80 bits per heavy atom. The molecule has 4 heterocycles. The van der Waals surface area contributed by atoms with Crippen LogP contribution in [0.25, 0.3) is 16.9 Å². The van der Waals surface area contributed by atoms with E-state index in [1.165, 1.54) is 29.2 Å². The molecule has 1 aliphatic rings. The van der Waals surface area contributed by atoms with Crippen molar-refractivity contribution in [1.29, 1.82) is 0 Å². The van der Waals surface area contributed by atoms with Crippen molar-refractivity contribution in [1.82, 2.24) is 40.5 Å². The van der Waals surface area contributed by atoms with Crippen LogP contribution in [0.3, 0.4) is 0 Å². The third kappa shape index (κ3) is 6.64. The third-order valence-corrected chi connectivity index (χ3v) is 7.20. The zero-order chi connectivity index (χ0) is 31.3. The summed E-state index contributed by atoms with van der Waals surface area (Å²) in [5, 5.41) is 17.5. The van der Waals surface area contributed by atoms with Gasteiger partial charge in [0.15, 0.2) is 17.2 Å². The fraction of sp³-hybridized carbons (Fsp3) is 0.357. The van der Waals surface area contributed by atoms with Crippen LogP contribution in [0.1, 0.15) is 41.4 Å². The standard InChI is InChI=1S/C28H30F3N9O4/c1-2-16-10-17(4-5-19(16)26(42)33-6-3-7-34-27(43)21-11-18(12-35-21)44-15-41)38-24-25-36-14-22(40(25)9-8-32-24)20-13-37-39-23(20)28(29,30)31/h4-5,8-10,13-15,18,21,35H,2-3,6-7,11-12H2,1H3,(H,32,38)(H,33,42)(H,34,43)(H,37,39)/t18-,21+/m1/s1. The summed E-state index contributed by atoms with van der Waals surface area (Å²) < 4.78 is 46.6. The maximum atomic E-state index is 13.4. The number of H-pyrrole nitrogens is 1. The van der Waals surface area contributed by atoms with E-state index >= 15 is 0 Å². The topological polar surface area (TPSA) is 167 Å². The first kappa shape index (κ1) is 30.5. The molecule has 44 heavy (non-hydrogen) atoms. The lowest BCUT2D eigenvalue weighted by Crippen LogP contribution is -2.41. The number of ether oxygens (including phenoxy) is 1. The quantitative estimate of drug-likeness (QED) is 0.119. The number of carbonyl (C=O) groups is 3. The molecule has 232 valence electrons. The van der Waals surface area contributed by atoms with Crippen molar-refractivity contribution in [3.8, 4) is 11.3 Å². The second-order valence-corrected chi connectivity index (χ2v) is 10.1. The summed E-state index contributed by atoms with van der Waals surface area (Å²) in [6.07, 6.45) is 1.99. The first-order valence-electron chi connectivity index (χ1n) is 13.9. The van der Waals surface area contributed by atoms with E-state index in [0.717, 1.165) is 5.56 Å². The minimum atomic E-state index is -4.64. The minimum absolute atomic E-state index is 0.140. The molecule has 0 bridgehead atoms. The van der Waals surface area contributed by atoms with Crippen molar-refractivity contribution in [3.05, 3.63) is 59.8 Å². The number of benzene rings is 1. The zero-order valence-corrected chi connectivity index (χ0v) is 23.6. The summed E-state index contributed by atoms with van der Waals surface area (Å²) in [5.41, 5.74) is 1.20. The smallest absolute Gasteiger partial charge is 0.435 e. The van der Waals surface area contributed by atoms with Crippen LogP contribution < -0.4 is 21.3 Å². The molecule has 5 N–H and O–H groups in total. The second-order valence-electron chi connectivity index (χ2n) is 10.1. The van der Waals surface area contributed by atoms with Gasteiger partial charge in [0, 0.05) is 55.9 Å². The second kappa shape index (κ2) is 13.1. The lowest BCUT2D eigenvalue weighted by atomic mass is 10.0. The van der Waals surface area contributed by atoms with E-state index in [1.807, 2.05) is 6.92 Å². The number of amides is 2. The van der Waals surface area contributed by atoms with Crippen LogP contribution >= 0.6 is 0 Å². The van der Waals surface area contributed by atoms with E-state index in [1.54, 1.807) is 18.2 Å². The number of fused-ring (bicyclic) bond motifs is 1. The van der Waals surface area contributed by atoms with Crippen LogP contribution in [0.2, 0.25) is 0 Å². The fourth-order valence-electron chi connectivity index (χ4n) is 5.04. The average molecular weight is 614 g/mol. The predicted octanol–water partition coefficient (Wildman–Crippen LogP) is 2.58. The number of alkyl halides is 3. The molecule has 13 nitrogen and oxygen atoms in total. The van der Waals surface area contributed by atoms with Crippen LogP contribution in [-0.4, -0.2) is 74.6 Å². The summed E-state index contributed by atoms with van der Waals surface area (Å²) in [4.78, 5) is 44.2. The van der Waals surface area contributed by atoms with Crippen LogP contribution in [-0.2, 0) is 26.9 Å². The Balaban J connectivity index is 1.19. The van der Waals surface area contributed by atoms with Gasteiger partial charge in [-0.3, -0.25) is 23.9 Å². The Hall–Kier alpha value is -4.99. The Morgan fingerprint density at radius 2 is 2.02 bits per heavy atom. The number of halogens is 3. The van der Waals surface area contributed by atoms with Gasteiger partial charge in [-0.2, -0.15) is 18.3 Å².